The first-order chi connectivity index (χ1) is 11.8. The number of carbonyl (C=O) groups is 2. The van der Waals surface area contributed by atoms with Crippen molar-refractivity contribution >= 4 is 11.9 Å². The number of rotatable bonds is 12. The van der Waals surface area contributed by atoms with Crippen molar-refractivity contribution in [1.82, 2.24) is 0 Å². The second kappa shape index (κ2) is 13.5. The SMILES string of the molecule is CC=CC(=O)OC(O)C(C)OCCCOC(C)C(O)OC(=O)C=CC. The zero-order chi connectivity index (χ0) is 19.2. The summed E-state index contributed by atoms with van der Waals surface area (Å²) in [4.78, 5) is 22.4. The Hall–Kier alpha value is -1.74. The molecule has 0 aromatic carbocycles. The largest absolute Gasteiger partial charge is 0.430 e. The van der Waals surface area contributed by atoms with E-state index in [1.165, 1.54) is 24.3 Å². The van der Waals surface area contributed by atoms with Gasteiger partial charge in [-0.1, -0.05) is 12.2 Å². The molecule has 0 radical (unpaired) electrons. The lowest BCUT2D eigenvalue weighted by Gasteiger charge is -2.20. The standard InChI is InChI=1S/C17H28O8/c1-5-8-14(18)24-16(20)12(3)22-10-7-11-23-13(4)17(21)25-15(19)9-6-2/h5-6,8-9,12-13,16-17,20-21H,7,10-11H2,1-4H3. The highest BCUT2D eigenvalue weighted by Gasteiger charge is 2.19. The third-order valence-corrected chi connectivity index (χ3v) is 2.93. The zero-order valence-corrected chi connectivity index (χ0v) is 15.1. The van der Waals surface area contributed by atoms with E-state index in [9.17, 15) is 19.8 Å². The summed E-state index contributed by atoms with van der Waals surface area (Å²) in [6, 6.07) is 0. The molecule has 0 saturated heterocycles. The van der Waals surface area contributed by atoms with Crippen molar-refractivity contribution in [1.29, 1.82) is 0 Å². The molecule has 0 heterocycles. The number of hydrogen-bond acceptors (Lipinski definition) is 8. The molecular formula is C17H28O8. The van der Waals surface area contributed by atoms with E-state index < -0.39 is 36.7 Å². The van der Waals surface area contributed by atoms with E-state index in [-0.39, 0.29) is 13.2 Å². The van der Waals surface area contributed by atoms with Crippen molar-refractivity contribution in [3.8, 4) is 0 Å². The summed E-state index contributed by atoms with van der Waals surface area (Å²) in [5.74, 6) is -1.30. The predicted molar refractivity (Wildman–Crippen MR) is 89.3 cm³/mol. The Kier molecular flexibility index (Phi) is 12.6. The monoisotopic (exact) mass is 360 g/mol. The van der Waals surface area contributed by atoms with E-state index in [1.807, 2.05) is 0 Å². The van der Waals surface area contributed by atoms with Gasteiger partial charge in [-0.05, 0) is 34.1 Å². The van der Waals surface area contributed by atoms with Gasteiger partial charge in [-0.25, -0.2) is 9.59 Å². The minimum absolute atomic E-state index is 0.251. The molecule has 0 amide bonds. The van der Waals surface area contributed by atoms with Crippen molar-refractivity contribution in [3.63, 3.8) is 0 Å². The fourth-order valence-corrected chi connectivity index (χ4v) is 1.54. The Morgan fingerprint density at radius 2 is 1.20 bits per heavy atom. The molecule has 0 spiro atoms. The van der Waals surface area contributed by atoms with Crippen LogP contribution in [-0.4, -0.2) is 60.2 Å². The normalized spacial score (nSPS) is 16.6. The molecule has 25 heavy (non-hydrogen) atoms. The fourth-order valence-electron chi connectivity index (χ4n) is 1.54. The van der Waals surface area contributed by atoms with Crippen LogP contribution in [0.2, 0.25) is 0 Å². The zero-order valence-electron chi connectivity index (χ0n) is 15.1. The van der Waals surface area contributed by atoms with Crippen LogP contribution in [-0.2, 0) is 28.5 Å². The van der Waals surface area contributed by atoms with Crippen LogP contribution in [0.4, 0.5) is 0 Å². The number of carbonyl (C=O) groups excluding carboxylic acids is 2. The quantitative estimate of drug-likeness (QED) is 0.230. The molecule has 0 aromatic rings. The van der Waals surface area contributed by atoms with Crippen LogP contribution < -0.4 is 0 Å². The van der Waals surface area contributed by atoms with E-state index in [4.69, 9.17) is 18.9 Å². The van der Waals surface area contributed by atoms with E-state index in [2.05, 4.69) is 0 Å². The predicted octanol–water partition coefficient (Wildman–Crippen LogP) is 1.06. The second-order valence-corrected chi connectivity index (χ2v) is 5.16. The first-order valence-electron chi connectivity index (χ1n) is 8.07. The summed E-state index contributed by atoms with van der Waals surface area (Å²) in [5.41, 5.74) is 0. The molecule has 0 fully saturated rings. The van der Waals surface area contributed by atoms with Crippen LogP contribution in [0.5, 0.6) is 0 Å². The van der Waals surface area contributed by atoms with Gasteiger partial charge in [0.15, 0.2) is 0 Å². The lowest BCUT2D eigenvalue weighted by Crippen LogP contribution is -2.32. The molecule has 4 unspecified atom stereocenters. The van der Waals surface area contributed by atoms with Crippen molar-refractivity contribution < 1.29 is 38.7 Å². The van der Waals surface area contributed by atoms with Gasteiger partial charge in [0.05, 0.1) is 0 Å². The van der Waals surface area contributed by atoms with Crippen LogP contribution in [0.1, 0.15) is 34.1 Å². The van der Waals surface area contributed by atoms with Gasteiger partial charge in [0.2, 0.25) is 12.6 Å². The summed E-state index contributed by atoms with van der Waals surface area (Å²) in [6.45, 7) is 6.96. The molecule has 8 nitrogen and oxygen atoms in total. The van der Waals surface area contributed by atoms with Crippen molar-refractivity contribution in [2.45, 2.75) is 58.9 Å². The number of allylic oxidation sites excluding steroid dienone is 2. The molecule has 144 valence electrons. The van der Waals surface area contributed by atoms with Gasteiger partial charge in [0, 0.05) is 25.4 Å². The molecule has 4 atom stereocenters. The Bertz CT molecular complexity index is 406. The fraction of sp³-hybridized carbons (Fsp3) is 0.647. The van der Waals surface area contributed by atoms with Gasteiger partial charge in [0.25, 0.3) is 0 Å². The summed E-state index contributed by atoms with van der Waals surface area (Å²) < 4.78 is 20.1. The maximum absolute atomic E-state index is 11.2. The number of aliphatic hydroxyl groups excluding tert-OH is 2. The number of ether oxygens (including phenoxy) is 4. The van der Waals surface area contributed by atoms with Gasteiger partial charge in [-0.3, -0.25) is 0 Å². The Labute approximate surface area is 148 Å². The van der Waals surface area contributed by atoms with E-state index in [0.29, 0.717) is 6.42 Å². The molecule has 0 aromatic heterocycles. The van der Waals surface area contributed by atoms with Crippen LogP contribution in [0.25, 0.3) is 0 Å². The third-order valence-electron chi connectivity index (χ3n) is 2.93. The van der Waals surface area contributed by atoms with Crippen LogP contribution in [0, 0.1) is 0 Å². The topological polar surface area (TPSA) is 112 Å². The van der Waals surface area contributed by atoms with Crippen molar-refractivity contribution in [2.75, 3.05) is 13.2 Å². The van der Waals surface area contributed by atoms with Crippen molar-refractivity contribution in [3.05, 3.63) is 24.3 Å². The summed E-state index contributed by atoms with van der Waals surface area (Å²) in [5, 5.41) is 19.3. The maximum Gasteiger partial charge on any atom is 0.332 e. The molecule has 0 saturated carbocycles. The number of esters is 2. The summed E-state index contributed by atoms with van der Waals surface area (Å²) >= 11 is 0. The van der Waals surface area contributed by atoms with E-state index >= 15 is 0 Å². The van der Waals surface area contributed by atoms with Gasteiger partial charge >= 0.3 is 11.9 Å². The first kappa shape index (κ1) is 23.3. The molecule has 0 aliphatic heterocycles. The lowest BCUT2D eigenvalue weighted by atomic mass is 10.3. The smallest absolute Gasteiger partial charge is 0.332 e. The van der Waals surface area contributed by atoms with Crippen LogP contribution in [0.3, 0.4) is 0 Å². The Morgan fingerprint density at radius 3 is 1.52 bits per heavy atom. The van der Waals surface area contributed by atoms with Gasteiger partial charge in [0.1, 0.15) is 12.2 Å². The number of hydrogen-bond donors (Lipinski definition) is 2. The van der Waals surface area contributed by atoms with Gasteiger partial charge in [-0.2, -0.15) is 0 Å². The highest BCUT2D eigenvalue weighted by atomic mass is 16.7. The highest BCUT2D eigenvalue weighted by molar-refractivity contribution is 5.82. The van der Waals surface area contributed by atoms with Crippen LogP contribution >= 0.6 is 0 Å². The van der Waals surface area contributed by atoms with E-state index in [0.717, 1.165) is 0 Å². The molecule has 2 N–H and O–H groups in total. The Morgan fingerprint density at radius 1 is 0.840 bits per heavy atom. The lowest BCUT2D eigenvalue weighted by molar-refractivity contribution is -0.190. The van der Waals surface area contributed by atoms with Gasteiger partial charge in [-0.15, -0.1) is 0 Å². The molecule has 8 heteroatoms. The average Bonchev–Trinajstić information content (AvgIpc) is 2.54. The van der Waals surface area contributed by atoms with E-state index in [1.54, 1.807) is 27.7 Å². The minimum Gasteiger partial charge on any atom is -0.430 e. The first-order valence-corrected chi connectivity index (χ1v) is 8.07. The van der Waals surface area contributed by atoms with Crippen LogP contribution in [0.15, 0.2) is 24.3 Å². The second-order valence-electron chi connectivity index (χ2n) is 5.16. The molecule has 0 aliphatic rings. The summed E-state index contributed by atoms with van der Waals surface area (Å²) in [6.07, 6.45) is 1.75. The molecular weight excluding hydrogens is 332 g/mol. The van der Waals surface area contributed by atoms with Gasteiger partial charge < -0.3 is 29.2 Å². The van der Waals surface area contributed by atoms with Crippen molar-refractivity contribution in [2.24, 2.45) is 0 Å². The molecule has 0 bridgehead atoms. The highest BCUT2D eigenvalue weighted by Crippen LogP contribution is 2.05. The maximum atomic E-state index is 11.2. The Balaban J connectivity index is 3.90. The molecule has 0 rings (SSSR count). The average molecular weight is 360 g/mol. The minimum atomic E-state index is -1.36. The third kappa shape index (κ3) is 11.4. The molecule has 0 aliphatic carbocycles. The summed E-state index contributed by atoms with van der Waals surface area (Å²) in [7, 11) is 0. The number of aliphatic hydroxyl groups is 2.